The Kier molecular flexibility index (Phi) is 4.53. The SMILES string of the molecule is CN(Cc1cnn(C)c1)C(CCN)C(F)(F)F. The van der Waals surface area contributed by atoms with Crippen LogP contribution in [0.4, 0.5) is 13.2 Å². The van der Waals surface area contributed by atoms with Gasteiger partial charge in [-0.2, -0.15) is 18.3 Å². The number of nitrogens with zero attached hydrogens (tertiary/aromatic N) is 3. The Hall–Kier alpha value is -1.08. The number of hydrogen-bond acceptors (Lipinski definition) is 3. The van der Waals surface area contributed by atoms with Crippen LogP contribution < -0.4 is 5.73 Å². The van der Waals surface area contributed by atoms with Crippen molar-refractivity contribution in [1.82, 2.24) is 14.7 Å². The maximum absolute atomic E-state index is 12.7. The molecule has 98 valence electrons. The first-order valence-corrected chi connectivity index (χ1v) is 5.29. The summed E-state index contributed by atoms with van der Waals surface area (Å²) in [4.78, 5) is 1.25. The third kappa shape index (κ3) is 4.01. The molecule has 0 saturated carbocycles. The smallest absolute Gasteiger partial charge is 0.330 e. The van der Waals surface area contributed by atoms with Crippen molar-refractivity contribution < 1.29 is 13.2 Å². The second-order valence-electron chi connectivity index (χ2n) is 4.07. The van der Waals surface area contributed by atoms with Crippen LogP contribution in [-0.4, -0.2) is 40.5 Å². The molecule has 0 aliphatic rings. The Bertz CT molecular complexity index is 348. The van der Waals surface area contributed by atoms with Crippen molar-refractivity contribution in [3.05, 3.63) is 18.0 Å². The number of rotatable bonds is 5. The number of hydrogen-bond donors (Lipinski definition) is 1. The lowest BCUT2D eigenvalue weighted by Gasteiger charge is -2.29. The van der Waals surface area contributed by atoms with Gasteiger partial charge in [0.05, 0.1) is 6.20 Å². The molecule has 1 aromatic rings. The highest BCUT2D eigenvalue weighted by atomic mass is 19.4. The van der Waals surface area contributed by atoms with E-state index in [4.69, 9.17) is 5.73 Å². The fourth-order valence-electron chi connectivity index (χ4n) is 1.74. The van der Waals surface area contributed by atoms with E-state index < -0.39 is 12.2 Å². The molecular formula is C10H17F3N4. The Labute approximate surface area is 98.2 Å². The predicted molar refractivity (Wildman–Crippen MR) is 58.2 cm³/mol. The van der Waals surface area contributed by atoms with Gasteiger partial charge < -0.3 is 5.73 Å². The summed E-state index contributed by atoms with van der Waals surface area (Å²) in [6.45, 7) is 0.222. The van der Waals surface area contributed by atoms with Crippen LogP contribution in [0.1, 0.15) is 12.0 Å². The second-order valence-corrected chi connectivity index (χ2v) is 4.07. The maximum atomic E-state index is 12.7. The zero-order chi connectivity index (χ0) is 13.1. The van der Waals surface area contributed by atoms with Gasteiger partial charge in [-0.25, -0.2) is 0 Å². The number of aryl methyl sites for hydroxylation is 1. The predicted octanol–water partition coefficient (Wildman–Crippen LogP) is 1.13. The third-order valence-corrected chi connectivity index (χ3v) is 2.54. The van der Waals surface area contributed by atoms with Gasteiger partial charge in [-0.3, -0.25) is 9.58 Å². The van der Waals surface area contributed by atoms with E-state index in [-0.39, 0.29) is 19.5 Å². The summed E-state index contributed by atoms with van der Waals surface area (Å²) >= 11 is 0. The van der Waals surface area contributed by atoms with Crippen molar-refractivity contribution in [3.8, 4) is 0 Å². The summed E-state index contributed by atoms with van der Waals surface area (Å²) in [6.07, 6.45) is -1.09. The first-order chi connectivity index (χ1) is 7.84. The van der Waals surface area contributed by atoms with Gasteiger partial charge in [-0.1, -0.05) is 0 Å². The number of nitrogens with two attached hydrogens (primary N) is 1. The zero-order valence-electron chi connectivity index (χ0n) is 9.91. The third-order valence-electron chi connectivity index (χ3n) is 2.54. The van der Waals surface area contributed by atoms with Gasteiger partial charge in [0.1, 0.15) is 6.04 Å². The van der Waals surface area contributed by atoms with Gasteiger partial charge in [0.25, 0.3) is 0 Å². The average molecular weight is 250 g/mol. The molecule has 0 radical (unpaired) electrons. The summed E-state index contributed by atoms with van der Waals surface area (Å²) < 4.78 is 39.8. The highest BCUT2D eigenvalue weighted by Gasteiger charge is 2.41. The lowest BCUT2D eigenvalue weighted by Crippen LogP contribution is -2.44. The van der Waals surface area contributed by atoms with E-state index in [2.05, 4.69) is 5.10 Å². The Morgan fingerprint density at radius 3 is 2.59 bits per heavy atom. The molecule has 17 heavy (non-hydrogen) atoms. The normalized spacial score (nSPS) is 14.3. The minimum Gasteiger partial charge on any atom is -0.330 e. The molecule has 1 aromatic heterocycles. The molecule has 0 aromatic carbocycles. The van der Waals surface area contributed by atoms with E-state index >= 15 is 0 Å². The first-order valence-electron chi connectivity index (χ1n) is 5.29. The zero-order valence-corrected chi connectivity index (χ0v) is 9.91. The standard InChI is InChI=1S/C10H17F3N4/c1-16(6-8-5-15-17(2)7-8)9(3-4-14)10(11,12)13/h5,7,9H,3-4,6,14H2,1-2H3. The fourth-order valence-corrected chi connectivity index (χ4v) is 1.74. The molecule has 2 N–H and O–H groups in total. The molecule has 0 saturated heterocycles. The molecule has 0 fully saturated rings. The molecule has 1 rings (SSSR count). The van der Waals surface area contributed by atoms with Crippen molar-refractivity contribution >= 4 is 0 Å². The van der Waals surface area contributed by atoms with Gasteiger partial charge in [0.2, 0.25) is 0 Å². The van der Waals surface area contributed by atoms with Gasteiger partial charge >= 0.3 is 6.18 Å². The lowest BCUT2D eigenvalue weighted by molar-refractivity contribution is -0.182. The van der Waals surface area contributed by atoms with E-state index in [1.807, 2.05) is 0 Å². The molecule has 1 atom stereocenters. The van der Waals surface area contributed by atoms with E-state index in [0.29, 0.717) is 0 Å². The summed E-state index contributed by atoms with van der Waals surface area (Å²) in [5, 5.41) is 3.92. The van der Waals surface area contributed by atoms with Crippen LogP contribution in [0.5, 0.6) is 0 Å². The summed E-state index contributed by atoms with van der Waals surface area (Å²) in [5.41, 5.74) is 5.97. The lowest BCUT2D eigenvalue weighted by atomic mass is 10.1. The second kappa shape index (κ2) is 5.50. The molecule has 0 amide bonds. The average Bonchev–Trinajstić information content (AvgIpc) is 2.58. The van der Waals surface area contributed by atoms with Crippen molar-refractivity contribution in [2.45, 2.75) is 25.2 Å². The van der Waals surface area contributed by atoms with Gasteiger partial charge in [0.15, 0.2) is 0 Å². The number of alkyl halides is 3. The highest BCUT2D eigenvalue weighted by Crippen LogP contribution is 2.27. The van der Waals surface area contributed by atoms with Crippen molar-refractivity contribution in [2.75, 3.05) is 13.6 Å². The topological polar surface area (TPSA) is 47.1 Å². The Morgan fingerprint density at radius 1 is 1.53 bits per heavy atom. The molecule has 4 nitrogen and oxygen atoms in total. The minimum atomic E-state index is -4.25. The van der Waals surface area contributed by atoms with Crippen LogP contribution in [0.15, 0.2) is 12.4 Å². The quantitative estimate of drug-likeness (QED) is 0.852. The van der Waals surface area contributed by atoms with Crippen LogP contribution in [0, 0.1) is 0 Å². The number of aromatic nitrogens is 2. The first kappa shape index (κ1) is 14.0. The van der Waals surface area contributed by atoms with Crippen molar-refractivity contribution in [1.29, 1.82) is 0 Å². The largest absolute Gasteiger partial charge is 0.404 e. The molecular weight excluding hydrogens is 233 g/mol. The van der Waals surface area contributed by atoms with Crippen LogP contribution >= 0.6 is 0 Å². The molecule has 0 bridgehead atoms. The van der Waals surface area contributed by atoms with Crippen LogP contribution in [-0.2, 0) is 13.6 Å². The fraction of sp³-hybridized carbons (Fsp3) is 0.700. The van der Waals surface area contributed by atoms with Crippen molar-refractivity contribution in [3.63, 3.8) is 0 Å². The summed E-state index contributed by atoms with van der Waals surface area (Å²) in [5.74, 6) is 0. The van der Waals surface area contributed by atoms with E-state index in [1.54, 1.807) is 24.1 Å². The maximum Gasteiger partial charge on any atom is 0.404 e. The monoisotopic (exact) mass is 250 g/mol. The van der Waals surface area contributed by atoms with E-state index in [1.165, 1.54) is 11.9 Å². The van der Waals surface area contributed by atoms with Gasteiger partial charge in [-0.05, 0) is 20.0 Å². The van der Waals surface area contributed by atoms with Crippen LogP contribution in [0.25, 0.3) is 0 Å². The molecule has 0 spiro atoms. The molecule has 0 aliphatic heterocycles. The Balaban J connectivity index is 2.68. The van der Waals surface area contributed by atoms with Gasteiger partial charge in [-0.15, -0.1) is 0 Å². The summed E-state index contributed by atoms with van der Waals surface area (Å²) in [7, 11) is 3.17. The minimum absolute atomic E-state index is 0.0154. The number of halogens is 3. The Morgan fingerprint density at radius 2 is 2.18 bits per heavy atom. The summed E-state index contributed by atoms with van der Waals surface area (Å²) in [6, 6.07) is -1.51. The molecule has 1 unspecified atom stereocenters. The van der Waals surface area contributed by atoms with E-state index in [9.17, 15) is 13.2 Å². The van der Waals surface area contributed by atoms with Crippen LogP contribution in [0.2, 0.25) is 0 Å². The highest BCUT2D eigenvalue weighted by molar-refractivity contribution is 5.03. The van der Waals surface area contributed by atoms with Gasteiger partial charge in [0, 0.05) is 25.4 Å². The molecule has 0 aliphatic carbocycles. The molecule has 7 heteroatoms. The van der Waals surface area contributed by atoms with Crippen LogP contribution in [0.3, 0.4) is 0 Å². The van der Waals surface area contributed by atoms with E-state index in [0.717, 1.165) is 5.56 Å². The molecule has 1 heterocycles. The van der Waals surface area contributed by atoms with Crippen molar-refractivity contribution in [2.24, 2.45) is 12.8 Å².